The normalized spacial score (nSPS) is 15.0. The van der Waals surface area contributed by atoms with Gasteiger partial charge in [0, 0.05) is 0 Å². The van der Waals surface area contributed by atoms with Crippen molar-refractivity contribution in [3.63, 3.8) is 0 Å². The van der Waals surface area contributed by atoms with Gasteiger partial charge in [0.15, 0.2) is 0 Å². The number of rotatable bonds is 2. The molecule has 0 aromatic heterocycles. The minimum atomic E-state index is -0.213. The molecule has 0 atom stereocenters. The Bertz CT molecular complexity index is 336. The van der Waals surface area contributed by atoms with Crippen molar-refractivity contribution in [2.75, 3.05) is 13.2 Å². The van der Waals surface area contributed by atoms with Gasteiger partial charge in [0.25, 0.3) is 0 Å². The van der Waals surface area contributed by atoms with Crippen LogP contribution in [0.2, 0.25) is 0 Å². The molecule has 1 fully saturated rings. The molecule has 0 aliphatic carbocycles. The predicted octanol–water partition coefficient (Wildman–Crippen LogP) is 1.93. The van der Waals surface area contributed by atoms with Crippen molar-refractivity contribution in [1.82, 2.24) is 0 Å². The summed E-state index contributed by atoms with van der Waals surface area (Å²) in [7, 11) is -0.213. The van der Waals surface area contributed by atoms with Crippen molar-refractivity contribution in [2.45, 2.75) is 0 Å². The molecule has 0 amide bonds. The summed E-state index contributed by atoms with van der Waals surface area (Å²) in [6.45, 7) is 1.35. The molecule has 0 unspecified atom stereocenters. The van der Waals surface area contributed by atoms with Crippen molar-refractivity contribution in [3.05, 3.63) is 47.6 Å². The quantitative estimate of drug-likeness (QED) is 0.518. The van der Waals surface area contributed by atoms with Gasteiger partial charge in [-0.2, -0.15) is 0 Å². The van der Waals surface area contributed by atoms with Gasteiger partial charge in [-0.05, 0) is 17.6 Å². The highest BCUT2D eigenvalue weighted by Gasteiger charge is 2.19. The first-order chi connectivity index (χ1) is 6.95. The van der Waals surface area contributed by atoms with E-state index in [2.05, 4.69) is 5.73 Å². The van der Waals surface area contributed by atoms with Crippen LogP contribution in [0.4, 0.5) is 0 Å². The Hall–Kier alpha value is -1.28. The Morgan fingerprint density at radius 2 is 1.86 bits per heavy atom. The fourth-order valence-corrected chi connectivity index (χ4v) is 1.25. The molecule has 70 valence electrons. The summed E-state index contributed by atoms with van der Waals surface area (Å²) in [5, 5.41) is 0. The summed E-state index contributed by atoms with van der Waals surface area (Å²) in [4.78, 5) is 0. The molecular formula is C11H11BO2. The summed E-state index contributed by atoms with van der Waals surface area (Å²) in [5.41, 5.74) is 4.17. The highest BCUT2D eigenvalue weighted by molar-refractivity contribution is 6.51. The van der Waals surface area contributed by atoms with Crippen LogP contribution in [-0.2, 0) is 9.31 Å². The van der Waals surface area contributed by atoms with E-state index in [4.69, 9.17) is 9.31 Å². The summed E-state index contributed by atoms with van der Waals surface area (Å²) < 4.78 is 10.5. The van der Waals surface area contributed by atoms with Crippen LogP contribution in [0, 0.1) is 0 Å². The van der Waals surface area contributed by atoms with Crippen molar-refractivity contribution in [3.8, 4) is 0 Å². The largest absolute Gasteiger partial charge is 0.494 e. The van der Waals surface area contributed by atoms with E-state index in [1.165, 1.54) is 0 Å². The van der Waals surface area contributed by atoms with E-state index in [9.17, 15) is 0 Å². The Kier molecular flexibility index (Phi) is 3.20. The van der Waals surface area contributed by atoms with Crippen molar-refractivity contribution >= 4 is 13.2 Å². The summed E-state index contributed by atoms with van der Waals surface area (Å²) >= 11 is 0. The molecule has 1 heterocycles. The molecule has 1 aromatic carbocycles. The molecular weight excluding hydrogens is 175 g/mol. The molecule has 0 bridgehead atoms. The first kappa shape index (κ1) is 9.29. The van der Waals surface area contributed by atoms with E-state index >= 15 is 0 Å². The van der Waals surface area contributed by atoms with Gasteiger partial charge in [-0.3, -0.25) is 0 Å². The average molecular weight is 186 g/mol. The number of benzene rings is 1. The highest BCUT2D eigenvalue weighted by atomic mass is 16.6. The first-order valence-electron chi connectivity index (χ1n) is 4.66. The van der Waals surface area contributed by atoms with Crippen LogP contribution in [0.1, 0.15) is 5.56 Å². The first-order valence-corrected chi connectivity index (χ1v) is 4.66. The maximum atomic E-state index is 5.23. The summed E-state index contributed by atoms with van der Waals surface area (Å²) in [6, 6.07) is 10.0. The molecule has 2 nitrogen and oxygen atoms in total. The molecule has 0 radical (unpaired) electrons. The van der Waals surface area contributed by atoms with Crippen LogP contribution in [0.25, 0.3) is 6.08 Å². The standard InChI is InChI=1S/C11H11BO2/c1-2-5-11(6-3-1)7-4-8-12-13-9-10-14-12/h1-3,5-8H,9-10H2. The minimum absolute atomic E-state index is 0.213. The molecule has 14 heavy (non-hydrogen) atoms. The zero-order chi connectivity index (χ0) is 9.64. The lowest BCUT2D eigenvalue weighted by Crippen LogP contribution is -2.08. The van der Waals surface area contributed by atoms with Crippen LogP contribution >= 0.6 is 0 Å². The average Bonchev–Trinajstić information content (AvgIpc) is 2.72. The topological polar surface area (TPSA) is 18.5 Å². The minimum Gasteiger partial charge on any atom is -0.405 e. The Morgan fingerprint density at radius 3 is 2.57 bits per heavy atom. The van der Waals surface area contributed by atoms with E-state index < -0.39 is 0 Å². The molecule has 3 heteroatoms. The second-order valence-corrected chi connectivity index (χ2v) is 3.00. The van der Waals surface area contributed by atoms with Gasteiger partial charge in [0.1, 0.15) is 0 Å². The Labute approximate surface area is 84.0 Å². The van der Waals surface area contributed by atoms with Gasteiger partial charge >= 0.3 is 7.12 Å². The SMILES string of the molecule is C(=CB1OCCO1)=Cc1ccccc1. The number of hydrogen-bond donors (Lipinski definition) is 0. The molecule has 1 aliphatic rings. The van der Waals surface area contributed by atoms with Crippen LogP contribution in [0.5, 0.6) is 0 Å². The maximum absolute atomic E-state index is 5.23. The molecule has 0 saturated carbocycles. The van der Waals surface area contributed by atoms with Gasteiger partial charge in [-0.15, -0.1) is 5.73 Å². The molecule has 0 spiro atoms. The second-order valence-electron chi connectivity index (χ2n) is 3.00. The molecule has 1 saturated heterocycles. The molecule has 1 aromatic rings. The summed E-state index contributed by atoms with van der Waals surface area (Å²) in [6.07, 6.45) is 1.91. The van der Waals surface area contributed by atoms with Gasteiger partial charge in [-0.1, -0.05) is 30.3 Å². The lowest BCUT2D eigenvalue weighted by molar-refractivity contribution is 0.365. The second kappa shape index (κ2) is 4.82. The monoisotopic (exact) mass is 186 g/mol. The van der Waals surface area contributed by atoms with E-state index in [0.717, 1.165) is 5.56 Å². The third-order valence-electron chi connectivity index (χ3n) is 1.93. The van der Waals surface area contributed by atoms with Crippen molar-refractivity contribution < 1.29 is 9.31 Å². The fraction of sp³-hybridized carbons (Fsp3) is 0.182. The van der Waals surface area contributed by atoms with E-state index in [1.54, 1.807) is 5.98 Å². The highest BCUT2D eigenvalue weighted by Crippen LogP contribution is 2.02. The number of hydrogen-bond acceptors (Lipinski definition) is 2. The van der Waals surface area contributed by atoms with Gasteiger partial charge < -0.3 is 9.31 Å². The Balaban J connectivity index is 1.99. The lowest BCUT2D eigenvalue weighted by atomic mass is 9.91. The van der Waals surface area contributed by atoms with Gasteiger partial charge in [-0.25, -0.2) is 0 Å². The molecule has 0 N–H and O–H groups in total. The zero-order valence-corrected chi connectivity index (χ0v) is 7.85. The van der Waals surface area contributed by atoms with Crippen LogP contribution in [-0.4, -0.2) is 20.3 Å². The smallest absolute Gasteiger partial charge is 0.405 e. The van der Waals surface area contributed by atoms with E-state index in [-0.39, 0.29) is 7.12 Å². The third-order valence-corrected chi connectivity index (χ3v) is 1.93. The van der Waals surface area contributed by atoms with Gasteiger partial charge in [0.05, 0.1) is 13.2 Å². The van der Waals surface area contributed by atoms with Crippen LogP contribution in [0.3, 0.4) is 0 Å². The van der Waals surface area contributed by atoms with Gasteiger partial charge in [0.2, 0.25) is 0 Å². The van der Waals surface area contributed by atoms with Crippen LogP contribution in [0.15, 0.2) is 42.0 Å². The van der Waals surface area contributed by atoms with Crippen LogP contribution < -0.4 is 0 Å². The maximum Gasteiger partial charge on any atom is 0.494 e. The summed E-state index contributed by atoms with van der Waals surface area (Å²) in [5.74, 6) is 1.79. The fourth-order valence-electron chi connectivity index (χ4n) is 1.25. The molecule has 1 aliphatic heterocycles. The lowest BCUT2D eigenvalue weighted by Gasteiger charge is -1.91. The Morgan fingerprint density at radius 1 is 1.14 bits per heavy atom. The van der Waals surface area contributed by atoms with E-state index in [0.29, 0.717) is 13.2 Å². The van der Waals surface area contributed by atoms with E-state index in [1.807, 2.05) is 36.4 Å². The predicted molar refractivity (Wildman–Crippen MR) is 56.6 cm³/mol. The zero-order valence-electron chi connectivity index (χ0n) is 7.85. The van der Waals surface area contributed by atoms with Crippen molar-refractivity contribution in [1.29, 1.82) is 0 Å². The molecule has 2 rings (SSSR count). The van der Waals surface area contributed by atoms with Crippen molar-refractivity contribution in [2.24, 2.45) is 0 Å². The third kappa shape index (κ3) is 2.61.